The quantitative estimate of drug-likeness (QED) is 0.105. The van der Waals surface area contributed by atoms with E-state index in [0.717, 1.165) is 44.8 Å². The van der Waals surface area contributed by atoms with E-state index in [1.807, 2.05) is 0 Å². The van der Waals surface area contributed by atoms with Gasteiger partial charge in [0, 0.05) is 25.4 Å². The number of fused-ring (bicyclic) bond motifs is 3. The van der Waals surface area contributed by atoms with E-state index in [1.165, 1.54) is 55.9 Å². The van der Waals surface area contributed by atoms with Gasteiger partial charge in [0.1, 0.15) is 24.0 Å². The summed E-state index contributed by atoms with van der Waals surface area (Å²) in [5, 5.41) is 0.378. The molecular weight excluding hydrogens is 819 g/mol. The number of rotatable bonds is 17. The Labute approximate surface area is 344 Å². The number of nitrogens with zero attached hydrogens (tertiary/aromatic N) is 2. The number of ether oxygens (including phenoxy) is 5. The molecule has 1 aliphatic carbocycles. The summed E-state index contributed by atoms with van der Waals surface area (Å²) in [5.74, 6) is -0.884. The van der Waals surface area contributed by atoms with E-state index in [-0.39, 0.29) is 63.0 Å². The molecule has 4 fully saturated rings. The molecule has 3 aliphatic heterocycles. The molecule has 0 radical (unpaired) electrons. The lowest BCUT2D eigenvalue weighted by Gasteiger charge is -2.44. The fourth-order valence-corrected chi connectivity index (χ4v) is 8.83. The zero-order valence-electron chi connectivity index (χ0n) is 31.3. The molecule has 3 saturated heterocycles. The number of esters is 2. The molecule has 8 rings (SSSR count). The number of carbonyl (C=O) groups excluding carboxylic acids is 2. The van der Waals surface area contributed by atoms with Gasteiger partial charge in [-0.25, -0.2) is 18.0 Å². The summed E-state index contributed by atoms with van der Waals surface area (Å²) in [5.41, 5.74) is 0.908. The highest BCUT2D eigenvalue weighted by Gasteiger charge is 2.39. The van der Waals surface area contributed by atoms with Crippen molar-refractivity contribution in [3.63, 3.8) is 0 Å². The van der Waals surface area contributed by atoms with Crippen molar-refractivity contribution in [2.75, 3.05) is 33.4 Å². The average Bonchev–Trinajstić information content (AvgIpc) is 4.06. The van der Waals surface area contributed by atoms with E-state index in [9.17, 15) is 26.8 Å². The Morgan fingerprint density at radius 3 is 2.28 bits per heavy atom. The van der Waals surface area contributed by atoms with Gasteiger partial charge in [-0.2, -0.15) is 13.5 Å². The summed E-state index contributed by atoms with van der Waals surface area (Å²) in [4.78, 5) is 33.6. The number of pyridine rings is 1. The number of benzene rings is 3. The van der Waals surface area contributed by atoms with Crippen LogP contribution >= 0.6 is 23.2 Å². The molecule has 3 aromatic carbocycles. The van der Waals surface area contributed by atoms with Crippen LogP contribution in [-0.4, -0.2) is 76.3 Å². The Morgan fingerprint density at radius 2 is 1.64 bits per heavy atom. The van der Waals surface area contributed by atoms with E-state index >= 15 is 0 Å². The topological polar surface area (TPSA) is 143 Å². The minimum atomic E-state index is -4.48. The molecule has 308 valence electrons. The maximum Gasteiger partial charge on any atom is 0.387 e. The van der Waals surface area contributed by atoms with Crippen LogP contribution < -0.4 is 18.9 Å². The van der Waals surface area contributed by atoms with Gasteiger partial charge in [-0.3, -0.25) is 9.88 Å². The second-order valence-electron chi connectivity index (χ2n) is 14.5. The number of hydrogen-bond donors (Lipinski definition) is 1. The van der Waals surface area contributed by atoms with Crippen molar-refractivity contribution >= 4 is 45.2 Å². The zero-order chi connectivity index (χ0) is 41.0. The van der Waals surface area contributed by atoms with E-state index in [1.54, 1.807) is 24.3 Å². The molecule has 58 heavy (non-hydrogen) atoms. The lowest BCUT2D eigenvalue weighted by atomic mass is 9.86. The molecule has 1 unspecified atom stereocenters. The number of alkyl halides is 2. The van der Waals surface area contributed by atoms with Gasteiger partial charge >= 0.3 is 18.6 Å². The Kier molecular flexibility index (Phi) is 13.0. The van der Waals surface area contributed by atoms with Crippen LogP contribution in [-0.2, 0) is 30.7 Å². The number of nitrogens with one attached hydrogen (secondary N) is 1. The van der Waals surface area contributed by atoms with Crippen molar-refractivity contribution in [1.82, 2.24) is 14.6 Å². The van der Waals surface area contributed by atoms with Gasteiger partial charge in [0.25, 0.3) is 0 Å². The molecule has 4 aliphatic rings. The smallest absolute Gasteiger partial charge is 0.387 e. The predicted octanol–water partition coefficient (Wildman–Crippen LogP) is 7.59. The summed E-state index contributed by atoms with van der Waals surface area (Å²) in [6.07, 6.45) is 4.82. The average molecular weight is 861 g/mol. The third kappa shape index (κ3) is 10.2. The Hall–Kier alpha value is -4.54. The second kappa shape index (κ2) is 18.2. The van der Waals surface area contributed by atoms with Crippen molar-refractivity contribution < 1.29 is 50.5 Å². The third-order valence-corrected chi connectivity index (χ3v) is 12.6. The fourth-order valence-electron chi connectivity index (χ4n) is 7.09. The fraction of sp³-hybridized carbons (Fsp3) is 0.390. The van der Waals surface area contributed by atoms with Crippen LogP contribution in [0.4, 0.5) is 8.78 Å². The van der Waals surface area contributed by atoms with Crippen LogP contribution in [0.2, 0.25) is 10.0 Å². The molecule has 4 heterocycles. The summed E-state index contributed by atoms with van der Waals surface area (Å²) < 4.78 is 85.0. The molecule has 12 nitrogen and oxygen atoms in total. The molecular formula is C41H41Cl2F2N3O9S. The third-order valence-electron chi connectivity index (χ3n) is 10.5. The van der Waals surface area contributed by atoms with Gasteiger partial charge in [-0.05, 0) is 110 Å². The van der Waals surface area contributed by atoms with Gasteiger partial charge in [-0.15, -0.1) is 0 Å². The lowest BCUT2D eigenvalue weighted by Crippen LogP contribution is -2.52. The van der Waals surface area contributed by atoms with Crippen LogP contribution in [0.15, 0.2) is 84.0 Å². The molecule has 1 saturated carbocycles. The van der Waals surface area contributed by atoms with Crippen LogP contribution in [0, 0.1) is 11.8 Å². The summed E-state index contributed by atoms with van der Waals surface area (Å²) in [7, 11) is -2.99. The summed E-state index contributed by atoms with van der Waals surface area (Å²) >= 11 is 12.9. The van der Waals surface area contributed by atoms with Crippen LogP contribution in [0.5, 0.6) is 17.2 Å². The van der Waals surface area contributed by atoms with Gasteiger partial charge in [0.15, 0.2) is 11.5 Å². The van der Waals surface area contributed by atoms with Crippen molar-refractivity contribution in [2.45, 2.75) is 61.9 Å². The number of hydrogen-bond acceptors (Lipinski definition) is 11. The first-order valence-electron chi connectivity index (χ1n) is 18.8. The summed E-state index contributed by atoms with van der Waals surface area (Å²) in [6.45, 7) is -0.405. The van der Waals surface area contributed by atoms with Crippen molar-refractivity contribution in [1.29, 1.82) is 0 Å². The number of piperidine rings is 3. The molecule has 4 aromatic rings. The minimum Gasteiger partial charge on any atom is -0.497 e. The van der Waals surface area contributed by atoms with Crippen molar-refractivity contribution in [3.05, 3.63) is 111 Å². The molecule has 0 amide bonds. The van der Waals surface area contributed by atoms with Gasteiger partial charge in [0.05, 0.1) is 34.2 Å². The predicted molar refractivity (Wildman–Crippen MR) is 209 cm³/mol. The normalized spacial score (nSPS) is 19.9. The Bertz CT molecular complexity index is 2200. The molecule has 0 spiro atoms. The maximum atomic E-state index is 14.0. The number of sulfonamides is 1. The first-order chi connectivity index (χ1) is 27.9. The number of carbonyl (C=O) groups is 2. The first kappa shape index (κ1) is 41.6. The molecule has 2 bridgehead atoms. The molecule has 1 aromatic heterocycles. The highest BCUT2D eigenvalue weighted by Crippen LogP contribution is 2.38. The van der Waals surface area contributed by atoms with E-state index in [2.05, 4.69) is 14.6 Å². The zero-order valence-corrected chi connectivity index (χ0v) is 33.7. The van der Waals surface area contributed by atoms with Crippen molar-refractivity contribution in [3.8, 4) is 17.2 Å². The standard InChI is InChI=1S/C41H41Cl2F2N3O9S/c1-53-29-10-7-26(8-11-29)38(40(50)56-37-22-48-15-13-25(37)14-16-48)47-58(51,52)30-4-2-3-28(17-30)39(49)55-35(19-31-32(42)20-46-21-33(31)43)27-9-12-34(57-41(44)45)36(18-27)54-23-24-5-6-24/h2-4,7-12,17-18,20-21,24-25,35,37-38,41,47H,5-6,13-16,19,22-23H2,1H3/t35-,37-,38?/m0/s1. The monoisotopic (exact) mass is 859 g/mol. The highest BCUT2D eigenvalue weighted by molar-refractivity contribution is 7.89. The Morgan fingerprint density at radius 1 is 0.931 bits per heavy atom. The minimum absolute atomic E-state index is 0.0234. The lowest BCUT2D eigenvalue weighted by molar-refractivity contribution is -0.161. The number of methoxy groups -OCH3 is 1. The molecule has 17 heteroatoms. The maximum absolute atomic E-state index is 14.0. The first-order valence-corrected chi connectivity index (χ1v) is 21.0. The Balaban J connectivity index is 1.15. The molecule has 3 atom stereocenters. The van der Waals surface area contributed by atoms with Crippen LogP contribution in [0.1, 0.15) is 64.9 Å². The van der Waals surface area contributed by atoms with E-state index < -0.39 is 40.7 Å². The van der Waals surface area contributed by atoms with Crippen LogP contribution in [0.3, 0.4) is 0 Å². The van der Waals surface area contributed by atoms with E-state index in [4.69, 9.17) is 46.9 Å². The SMILES string of the molecule is COc1ccc(C(NS(=O)(=O)c2cccc(C(=O)O[C@@H](Cc3c(Cl)cncc3Cl)c3ccc(OC(F)F)c(OCC4CC4)c3)c2)C(=O)O[C@H]2CN3CCC2CC3)cc1. The van der Waals surface area contributed by atoms with E-state index in [0.29, 0.717) is 29.0 Å². The van der Waals surface area contributed by atoms with Crippen LogP contribution in [0.25, 0.3) is 0 Å². The van der Waals surface area contributed by atoms with Crippen molar-refractivity contribution in [2.24, 2.45) is 11.8 Å². The summed E-state index contributed by atoms with van der Waals surface area (Å²) in [6, 6.07) is 14.3. The van der Waals surface area contributed by atoms with Gasteiger partial charge < -0.3 is 23.7 Å². The molecule has 1 N–H and O–H groups in total. The second-order valence-corrected chi connectivity index (χ2v) is 17.0. The van der Waals surface area contributed by atoms with Gasteiger partial charge in [-0.1, -0.05) is 47.5 Å². The number of halogens is 4. The van der Waals surface area contributed by atoms with Gasteiger partial charge in [0.2, 0.25) is 10.0 Å². The number of aromatic nitrogens is 1. The highest BCUT2D eigenvalue weighted by atomic mass is 35.5. The largest absolute Gasteiger partial charge is 0.497 e.